The quantitative estimate of drug-likeness (QED) is 0.167. The molecule has 1 N–H and O–H groups in total. The summed E-state index contributed by atoms with van der Waals surface area (Å²) in [5, 5.41) is 9.79. The topological polar surface area (TPSA) is 62.7 Å². The van der Waals surface area contributed by atoms with Crippen LogP contribution in [-0.4, -0.2) is 33.5 Å². The highest BCUT2D eigenvalue weighted by molar-refractivity contribution is 14.1. The van der Waals surface area contributed by atoms with Crippen molar-refractivity contribution in [1.29, 1.82) is 0 Å². The van der Waals surface area contributed by atoms with E-state index in [-0.39, 0.29) is 25.1 Å². The van der Waals surface area contributed by atoms with Gasteiger partial charge in [0.2, 0.25) is 0 Å². The predicted octanol–water partition coefficient (Wildman–Crippen LogP) is 8.48. The van der Waals surface area contributed by atoms with E-state index in [9.17, 15) is 23.1 Å². The number of ether oxygens (including phenoxy) is 1. The van der Waals surface area contributed by atoms with Crippen molar-refractivity contribution in [2.75, 3.05) is 6.54 Å². The number of likely N-dealkylation sites (tertiary alicyclic amines) is 1. The van der Waals surface area contributed by atoms with Gasteiger partial charge in [-0.2, -0.15) is 13.2 Å². The van der Waals surface area contributed by atoms with Gasteiger partial charge >= 0.3 is 12.1 Å². The molecule has 5 nitrogen and oxygen atoms in total. The van der Waals surface area contributed by atoms with Crippen molar-refractivity contribution in [2.24, 2.45) is 0 Å². The molecule has 2 heterocycles. The second kappa shape index (κ2) is 14.1. The first-order valence-electron chi connectivity index (χ1n) is 14.7. The summed E-state index contributed by atoms with van der Waals surface area (Å²) < 4.78 is 50.8. The van der Waals surface area contributed by atoms with Crippen molar-refractivity contribution >= 4 is 28.6 Å². The lowest BCUT2D eigenvalue weighted by atomic mass is 9.91. The largest absolute Gasteiger partial charge is 0.489 e. The van der Waals surface area contributed by atoms with Crippen molar-refractivity contribution in [3.63, 3.8) is 0 Å². The lowest BCUT2D eigenvalue weighted by molar-refractivity contribution is -0.145. The van der Waals surface area contributed by atoms with Crippen LogP contribution in [-0.2, 0) is 37.0 Å². The molecule has 0 saturated carbocycles. The van der Waals surface area contributed by atoms with E-state index in [1.54, 1.807) is 17.3 Å². The van der Waals surface area contributed by atoms with Gasteiger partial charge in [0.1, 0.15) is 18.4 Å². The zero-order valence-electron chi connectivity index (χ0n) is 24.4. The van der Waals surface area contributed by atoms with Crippen LogP contribution in [0.15, 0.2) is 79.1 Å². The smallest absolute Gasteiger partial charge is 0.416 e. The zero-order chi connectivity index (χ0) is 31.3. The Bertz CT molecular complexity index is 1610. The molecule has 1 atom stereocenters. The summed E-state index contributed by atoms with van der Waals surface area (Å²) in [6, 6.07) is 19.7. The summed E-state index contributed by atoms with van der Waals surface area (Å²) >= 11 is 2.15. The first-order valence-corrected chi connectivity index (χ1v) is 15.7. The van der Waals surface area contributed by atoms with Crippen LogP contribution in [0.5, 0.6) is 5.75 Å². The molecule has 1 saturated heterocycles. The third kappa shape index (κ3) is 7.79. The van der Waals surface area contributed by atoms with Crippen LogP contribution in [0, 0.1) is 10.5 Å². The molecule has 0 radical (unpaired) electrons. The van der Waals surface area contributed by atoms with Crippen molar-refractivity contribution < 1.29 is 27.8 Å². The second-order valence-electron chi connectivity index (χ2n) is 11.2. The molecule has 0 bridgehead atoms. The minimum absolute atomic E-state index is 0.0540. The molecule has 0 amide bonds. The molecular weight excluding hydrogens is 680 g/mol. The molecule has 230 valence electrons. The van der Waals surface area contributed by atoms with E-state index in [0.29, 0.717) is 30.7 Å². The Kier molecular flexibility index (Phi) is 10.3. The number of carboxylic acid groups (broad SMARTS) is 1. The number of halogens is 4. The van der Waals surface area contributed by atoms with Gasteiger partial charge in [0.05, 0.1) is 5.56 Å². The maximum absolute atomic E-state index is 14.6. The van der Waals surface area contributed by atoms with E-state index in [2.05, 4.69) is 27.6 Å². The molecule has 0 aliphatic carbocycles. The number of hydrogen-bond donors (Lipinski definition) is 1. The van der Waals surface area contributed by atoms with E-state index in [1.807, 2.05) is 61.5 Å². The summed E-state index contributed by atoms with van der Waals surface area (Å²) in [5.41, 5.74) is 4.69. The normalized spacial score (nSPS) is 15.7. The number of aliphatic carboxylic acids is 1. The van der Waals surface area contributed by atoms with E-state index in [0.717, 1.165) is 44.2 Å². The number of hydrogen-bond acceptors (Lipinski definition) is 4. The highest BCUT2D eigenvalue weighted by atomic mass is 127. The van der Waals surface area contributed by atoms with Crippen molar-refractivity contribution in [3.05, 3.63) is 116 Å². The summed E-state index contributed by atoms with van der Waals surface area (Å²) in [6.45, 7) is 2.69. The van der Waals surface area contributed by atoms with Crippen LogP contribution >= 0.6 is 22.6 Å². The maximum Gasteiger partial charge on any atom is 0.416 e. The van der Waals surface area contributed by atoms with E-state index < -0.39 is 23.8 Å². The number of rotatable bonds is 10. The number of benzene rings is 3. The van der Waals surface area contributed by atoms with Gasteiger partial charge in [-0.25, -0.2) is 0 Å². The monoisotopic (exact) mass is 714 g/mol. The molecule has 4 aromatic rings. The van der Waals surface area contributed by atoms with Crippen molar-refractivity contribution in [1.82, 2.24) is 9.88 Å². The van der Waals surface area contributed by atoms with Crippen LogP contribution in [0.25, 0.3) is 11.1 Å². The molecule has 1 aromatic heterocycles. The lowest BCUT2D eigenvalue weighted by Crippen LogP contribution is -2.44. The molecule has 1 aliphatic rings. The van der Waals surface area contributed by atoms with E-state index >= 15 is 0 Å². The third-order valence-corrected chi connectivity index (χ3v) is 8.80. The lowest BCUT2D eigenvalue weighted by Gasteiger charge is -2.33. The first-order chi connectivity index (χ1) is 21.1. The Morgan fingerprint density at radius 1 is 1.00 bits per heavy atom. The van der Waals surface area contributed by atoms with Gasteiger partial charge in [-0.05, 0) is 108 Å². The first kappa shape index (κ1) is 32.0. The van der Waals surface area contributed by atoms with Crippen LogP contribution < -0.4 is 4.74 Å². The van der Waals surface area contributed by atoms with Gasteiger partial charge in [-0.3, -0.25) is 14.7 Å². The summed E-state index contributed by atoms with van der Waals surface area (Å²) in [6.07, 6.45) is 1.40. The van der Waals surface area contributed by atoms with Gasteiger partial charge in [0.15, 0.2) is 0 Å². The van der Waals surface area contributed by atoms with Gasteiger partial charge < -0.3 is 9.84 Å². The average molecular weight is 715 g/mol. The Hall–Kier alpha value is -3.44. The minimum atomic E-state index is -4.59. The highest BCUT2D eigenvalue weighted by Crippen LogP contribution is 2.38. The van der Waals surface area contributed by atoms with Crippen LogP contribution in [0.2, 0.25) is 0 Å². The average Bonchev–Trinajstić information content (AvgIpc) is 3.00. The minimum Gasteiger partial charge on any atom is -0.489 e. The number of carbonyl (C=O) groups is 1. The fourth-order valence-corrected chi connectivity index (χ4v) is 6.48. The van der Waals surface area contributed by atoms with E-state index in [4.69, 9.17) is 4.74 Å². The number of carboxylic acids is 1. The van der Waals surface area contributed by atoms with Crippen LogP contribution in [0.4, 0.5) is 13.2 Å². The van der Waals surface area contributed by atoms with Gasteiger partial charge in [-0.1, -0.05) is 55.0 Å². The molecular formula is C35H34F3IN2O3. The Labute approximate surface area is 269 Å². The van der Waals surface area contributed by atoms with Gasteiger partial charge in [0, 0.05) is 33.6 Å². The van der Waals surface area contributed by atoms with Crippen LogP contribution in [0.3, 0.4) is 0 Å². The fraction of sp³-hybridized carbons (Fsp3) is 0.314. The van der Waals surface area contributed by atoms with Crippen LogP contribution in [0.1, 0.15) is 52.6 Å². The van der Waals surface area contributed by atoms with Gasteiger partial charge in [0.25, 0.3) is 0 Å². The van der Waals surface area contributed by atoms with Crippen molar-refractivity contribution in [2.45, 2.75) is 64.4 Å². The van der Waals surface area contributed by atoms with E-state index in [1.165, 1.54) is 12.1 Å². The molecule has 9 heteroatoms. The number of piperidine rings is 1. The Balaban J connectivity index is 1.49. The van der Waals surface area contributed by atoms with Gasteiger partial charge in [-0.15, -0.1) is 0 Å². The molecule has 0 unspecified atom stereocenters. The second-order valence-corrected chi connectivity index (χ2v) is 12.4. The maximum atomic E-state index is 14.6. The summed E-state index contributed by atoms with van der Waals surface area (Å²) in [7, 11) is 0. The highest BCUT2D eigenvalue weighted by Gasteiger charge is 2.36. The zero-order valence-corrected chi connectivity index (χ0v) is 26.6. The standard InChI is InChI=1S/C35H34F3IN2O3/c1-23-25(10-7-11-30(23)26-8-3-2-4-9-26)13-14-27-18-33(44-22-24-16-29(39)20-40-19-24)28(17-31(27)35(36,37)38)21-41-15-6-5-12-32(41)34(42)43/h2-4,7-11,16-20,32H,5-6,12-15,21-22H2,1H3,(H,42,43)/t32-/m0/s1. The SMILES string of the molecule is Cc1c(CCc2cc(OCc3cncc(I)c3)c(CN3CCCC[C@H]3C(=O)O)cc2C(F)(F)F)cccc1-c1ccccc1. The van der Waals surface area contributed by atoms with Crippen molar-refractivity contribution in [3.8, 4) is 16.9 Å². The molecule has 1 fully saturated rings. The number of aromatic nitrogens is 1. The Morgan fingerprint density at radius 2 is 1.77 bits per heavy atom. The summed E-state index contributed by atoms with van der Waals surface area (Å²) in [5.74, 6) is -0.630. The molecule has 44 heavy (non-hydrogen) atoms. The molecule has 1 aliphatic heterocycles. The predicted molar refractivity (Wildman–Crippen MR) is 172 cm³/mol. The molecule has 0 spiro atoms. The number of nitrogens with zero attached hydrogens (tertiary/aromatic N) is 2. The number of pyridine rings is 1. The fourth-order valence-electron chi connectivity index (χ4n) is 5.92. The number of alkyl halides is 3. The molecule has 5 rings (SSSR count). The third-order valence-electron chi connectivity index (χ3n) is 8.21. The Morgan fingerprint density at radius 3 is 2.50 bits per heavy atom. The molecule has 3 aromatic carbocycles. The summed E-state index contributed by atoms with van der Waals surface area (Å²) in [4.78, 5) is 17.9. The number of aryl methyl sites for hydroxylation is 2.